The number of aryl methyl sites for hydroxylation is 1. The SMILES string of the molecule is CC(C)C(C)Sc1nncn1C. The molecule has 1 atom stereocenters. The van der Waals surface area contributed by atoms with Gasteiger partial charge in [-0.25, -0.2) is 0 Å². The summed E-state index contributed by atoms with van der Waals surface area (Å²) in [5.41, 5.74) is 0. The van der Waals surface area contributed by atoms with Crippen LogP contribution in [0.25, 0.3) is 0 Å². The highest BCUT2D eigenvalue weighted by Crippen LogP contribution is 2.24. The molecule has 1 aromatic rings. The van der Waals surface area contributed by atoms with E-state index in [0.29, 0.717) is 11.2 Å². The Morgan fingerprint density at radius 2 is 2.08 bits per heavy atom. The maximum Gasteiger partial charge on any atom is 0.191 e. The average Bonchev–Trinajstić information content (AvgIpc) is 2.36. The monoisotopic (exact) mass is 185 g/mol. The van der Waals surface area contributed by atoms with Gasteiger partial charge in [-0.1, -0.05) is 32.5 Å². The summed E-state index contributed by atoms with van der Waals surface area (Å²) in [6.07, 6.45) is 1.73. The first kappa shape index (κ1) is 9.58. The van der Waals surface area contributed by atoms with Crippen molar-refractivity contribution in [1.82, 2.24) is 14.8 Å². The molecule has 0 aliphatic carbocycles. The third-order valence-electron chi connectivity index (χ3n) is 1.90. The number of nitrogens with zero attached hydrogens (tertiary/aromatic N) is 3. The van der Waals surface area contributed by atoms with Crippen LogP contribution >= 0.6 is 11.8 Å². The standard InChI is InChI=1S/C8H15N3S/c1-6(2)7(3)12-8-10-9-5-11(8)4/h5-7H,1-4H3. The minimum Gasteiger partial charge on any atom is -0.312 e. The summed E-state index contributed by atoms with van der Waals surface area (Å²) in [7, 11) is 1.97. The molecule has 0 bridgehead atoms. The van der Waals surface area contributed by atoms with Gasteiger partial charge in [-0.2, -0.15) is 0 Å². The van der Waals surface area contributed by atoms with E-state index in [9.17, 15) is 0 Å². The fourth-order valence-electron chi connectivity index (χ4n) is 0.682. The quantitative estimate of drug-likeness (QED) is 0.674. The molecule has 0 saturated heterocycles. The van der Waals surface area contributed by atoms with Gasteiger partial charge in [0.2, 0.25) is 0 Å². The summed E-state index contributed by atoms with van der Waals surface area (Å²) in [4.78, 5) is 0. The van der Waals surface area contributed by atoms with Gasteiger partial charge >= 0.3 is 0 Å². The molecule has 0 N–H and O–H groups in total. The van der Waals surface area contributed by atoms with Crippen LogP contribution < -0.4 is 0 Å². The summed E-state index contributed by atoms with van der Waals surface area (Å²) in [6, 6.07) is 0. The lowest BCUT2D eigenvalue weighted by Crippen LogP contribution is -2.06. The van der Waals surface area contributed by atoms with E-state index in [1.807, 2.05) is 11.6 Å². The first-order valence-electron chi connectivity index (χ1n) is 4.12. The Morgan fingerprint density at radius 1 is 1.42 bits per heavy atom. The molecule has 3 nitrogen and oxygen atoms in total. The van der Waals surface area contributed by atoms with Gasteiger partial charge in [-0.05, 0) is 5.92 Å². The van der Waals surface area contributed by atoms with E-state index in [4.69, 9.17) is 0 Å². The largest absolute Gasteiger partial charge is 0.312 e. The highest BCUT2D eigenvalue weighted by molar-refractivity contribution is 7.99. The van der Waals surface area contributed by atoms with Crippen molar-refractivity contribution in [3.8, 4) is 0 Å². The van der Waals surface area contributed by atoms with Crippen LogP contribution in [0.15, 0.2) is 11.5 Å². The Balaban J connectivity index is 2.58. The molecule has 1 aromatic heterocycles. The van der Waals surface area contributed by atoms with E-state index < -0.39 is 0 Å². The fourth-order valence-corrected chi connectivity index (χ4v) is 1.59. The second-order valence-electron chi connectivity index (χ2n) is 3.29. The molecule has 0 amide bonds. The Labute approximate surface area is 77.6 Å². The van der Waals surface area contributed by atoms with Crippen LogP contribution in [0.4, 0.5) is 0 Å². The summed E-state index contributed by atoms with van der Waals surface area (Å²) in [5.74, 6) is 0.673. The summed E-state index contributed by atoms with van der Waals surface area (Å²) in [5, 5.41) is 9.43. The van der Waals surface area contributed by atoms with Crippen LogP contribution in [0.1, 0.15) is 20.8 Å². The van der Waals surface area contributed by atoms with Crippen molar-refractivity contribution in [1.29, 1.82) is 0 Å². The maximum absolute atomic E-state index is 4.01. The Kier molecular flexibility index (Phi) is 3.14. The van der Waals surface area contributed by atoms with Gasteiger partial charge in [0, 0.05) is 12.3 Å². The van der Waals surface area contributed by atoms with Crippen molar-refractivity contribution in [2.75, 3.05) is 0 Å². The number of rotatable bonds is 3. The molecular weight excluding hydrogens is 170 g/mol. The highest BCUT2D eigenvalue weighted by Gasteiger charge is 2.11. The number of hydrogen-bond donors (Lipinski definition) is 0. The van der Waals surface area contributed by atoms with Crippen LogP contribution in [-0.4, -0.2) is 20.0 Å². The predicted molar refractivity (Wildman–Crippen MR) is 51.2 cm³/mol. The fraction of sp³-hybridized carbons (Fsp3) is 0.750. The van der Waals surface area contributed by atoms with Crippen LogP contribution in [0, 0.1) is 5.92 Å². The summed E-state index contributed by atoms with van der Waals surface area (Å²) >= 11 is 1.77. The van der Waals surface area contributed by atoms with E-state index in [2.05, 4.69) is 31.0 Å². The van der Waals surface area contributed by atoms with E-state index >= 15 is 0 Å². The van der Waals surface area contributed by atoms with Gasteiger partial charge in [-0.15, -0.1) is 10.2 Å². The summed E-state index contributed by atoms with van der Waals surface area (Å²) < 4.78 is 1.95. The molecule has 1 unspecified atom stereocenters. The van der Waals surface area contributed by atoms with E-state index in [1.165, 1.54) is 0 Å². The minimum atomic E-state index is 0.591. The van der Waals surface area contributed by atoms with Gasteiger partial charge in [0.25, 0.3) is 0 Å². The van der Waals surface area contributed by atoms with Crippen LogP contribution in [-0.2, 0) is 7.05 Å². The number of thioether (sulfide) groups is 1. The Morgan fingerprint density at radius 3 is 2.50 bits per heavy atom. The van der Waals surface area contributed by atoms with Crippen molar-refractivity contribution in [3.05, 3.63) is 6.33 Å². The molecule has 0 fully saturated rings. The lowest BCUT2D eigenvalue weighted by Gasteiger charge is -2.13. The first-order valence-corrected chi connectivity index (χ1v) is 5.00. The van der Waals surface area contributed by atoms with Gasteiger partial charge in [0.15, 0.2) is 5.16 Å². The second kappa shape index (κ2) is 3.94. The van der Waals surface area contributed by atoms with E-state index in [-0.39, 0.29) is 0 Å². The molecule has 68 valence electrons. The molecule has 0 spiro atoms. The summed E-state index contributed by atoms with van der Waals surface area (Å²) in [6.45, 7) is 6.64. The van der Waals surface area contributed by atoms with Crippen molar-refractivity contribution in [3.63, 3.8) is 0 Å². The molecule has 0 aliphatic heterocycles. The topological polar surface area (TPSA) is 30.7 Å². The third kappa shape index (κ3) is 2.24. The zero-order valence-electron chi connectivity index (χ0n) is 7.98. The van der Waals surface area contributed by atoms with Crippen molar-refractivity contribution in [2.24, 2.45) is 13.0 Å². The second-order valence-corrected chi connectivity index (χ2v) is 4.64. The maximum atomic E-state index is 4.01. The van der Waals surface area contributed by atoms with Crippen molar-refractivity contribution >= 4 is 11.8 Å². The Bertz CT molecular complexity index is 244. The molecule has 1 heterocycles. The number of hydrogen-bond acceptors (Lipinski definition) is 3. The zero-order chi connectivity index (χ0) is 9.14. The molecular formula is C8H15N3S. The van der Waals surface area contributed by atoms with Crippen LogP contribution in [0.3, 0.4) is 0 Å². The molecule has 1 rings (SSSR count). The molecule has 0 aliphatic rings. The minimum absolute atomic E-state index is 0.591. The lowest BCUT2D eigenvalue weighted by molar-refractivity contribution is 0.637. The highest BCUT2D eigenvalue weighted by atomic mass is 32.2. The molecule has 4 heteroatoms. The van der Waals surface area contributed by atoms with Crippen LogP contribution in [0.5, 0.6) is 0 Å². The predicted octanol–water partition coefficient (Wildman–Crippen LogP) is 1.95. The third-order valence-corrected chi connectivity index (χ3v) is 3.40. The smallest absolute Gasteiger partial charge is 0.191 e. The van der Waals surface area contributed by atoms with Gasteiger partial charge in [0.05, 0.1) is 0 Å². The normalized spacial score (nSPS) is 13.8. The van der Waals surface area contributed by atoms with Gasteiger partial charge < -0.3 is 4.57 Å². The van der Waals surface area contributed by atoms with Crippen molar-refractivity contribution in [2.45, 2.75) is 31.2 Å². The lowest BCUT2D eigenvalue weighted by atomic mass is 10.2. The molecule has 0 radical (unpaired) electrons. The molecule has 0 saturated carbocycles. The van der Waals surface area contributed by atoms with Gasteiger partial charge in [-0.3, -0.25) is 0 Å². The zero-order valence-corrected chi connectivity index (χ0v) is 8.80. The average molecular weight is 185 g/mol. The van der Waals surface area contributed by atoms with Crippen LogP contribution in [0.2, 0.25) is 0 Å². The Hall–Kier alpha value is -0.510. The molecule has 0 aromatic carbocycles. The number of aromatic nitrogens is 3. The first-order chi connectivity index (χ1) is 5.61. The van der Waals surface area contributed by atoms with Crippen molar-refractivity contribution < 1.29 is 0 Å². The molecule has 12 heavy (non-hydrogen) atoms. The van der Waals surface area contributed by atoms with E-state index in [1.54, 1.807) is 18.1 Å². The van der Waals surface area contributed by atoms with E-state index in [0.717, 1.165) is 5.16 Å². The van der Waals surface area contributed by atoms with Gasteiger partial charge in [0.1, 0.15) is 6.33 Å².